The lowest BCUT2D eigenvalue weighted by Gasteiger charge is -2.08. The van der Waals surface area contributed by atoms with Crippen molar-refractivity contribution in [1.29, 1.82) is 0 Å². The van der Waals surface area contributed by atoms with Gasteiger partial charge < -0.3 is 14.6 Å². The van der Waals surface area contributed by atoms with Crippen molar-refractivity contribution >= 4 is 28.6 Å². The zero-order chi connectivity index (χ0) is 12.0. The first-order valence-electron chi connectivity index (χ1n) is 4.85. The van der Waals surface area contributed by atoms with Gasteiger partial charge in [0.1, 0.15) is 5.75 Å². The second-order valence-electron chi connectivity index (χ2n) is 3.02. The van der Waals surface area contributed by atoms with E-state index in [1.54, 1.807) is 25.1 Å². The molecule has 88 valence electrons. The molecule has 5 heteroatoms. The second kappa shape index (κ2) is 6.70. The molecule has 0 aliphatic rings. The summed E-state index contributed by atoms with van der Waals surface area (Å²) in [4.78, 5) is 11.1. The van der Waals surface area contributed by atoms with Gasteiger partial charge in [-0.2, -0.15) is 0 Å². The Labute approximate surface area is 108 Å². The fourth-order valence-electron chi connectivity index (χ4n) is 1.10. The Hall–Kier alpha value is -0.820. The van der Waals surface area contributed by atoms with Gasteiger partial charge in [-0.1, -0.05) is 6.07 Å². The van der Waals surface area contributed by atoms with Crippen LogP contribution in [0.1, 0.15) is 12.5 Å². The number of esters is 1. The Morgan fingerprint density at radius 2 is 2.25 bits per heavy atom. The number of carbonyl (C=O) groups excluding carboxylic acids is 1. The fraction of sp³-hybridized carbons (Fsp3) is 0.364. The zero-order valence-electron chi connectivity index (χ0n) is 8.90. The van der Waals surface area contributed by atoms with Crippen LogP contribution in [0, 0.1) is 3.57 Å². The molecule has 1 aromatic carbocycles. The van der Waals surface area contributed by atoms with Crippen LogP contribution >= 0.6 is 22.6 Å². The average Bonchev–Trinajstić information content (AvgIpc) is 2.27. The van der Waals surface area contributed by atoms with E-state index < -0.39 is 0 Å². The topological polar surface area (TPSA) is 55.8 Å². The SMILES string of the molecule is CCOC(=O)COc1ccc(CO)cc1I. The minimum absolute atomic E-state index is 0.00580. The lowest BCUT2D eigenvalue weighted by molar-refractivity contribution is -0.145. The van der Waals surface area contributed by atoms with E-state index in [1.807, 2.05) is 0 Å². The third-order valence-corrected chi connectivity index (χ3v) is 2.67. The fourth-order valence-corrected chi connectivity index (χ4v) is 1.83. The molecule has 0 saturated heterocycles. The first-order chi connectivity index (χ1) is 7.67. The maximum Gasteiger partial charge on any atom is 0.344 e. The van der Waals surface area contributed by atoms with Gasteiger partial charge in [0.15, 0.2) is 6.61 Å². The molecule has 0 unspecified atom stereocenters. The number of hydrogen-bond acceptors (Lipinski definition) is 4. The molecule has 1 rings (SSSR count). The number of carbonyl (C=O) groups is 1. The predicted octanol–water partition coefficient (Wildman–Crippen LogP) is 1.73. The van der Waals surface area contributed by atoms with Crippen molar-refractivity contribution in [2.45, 2.75) is 13.5 Å². The molecule has 0 amide bonds. The first-order valence-corrected chi connectivity index (χ1v) is 5.93. The van der Waals surface area contributed by atoms with Crippen molar-refractivity contribution in [2.75, 3.05) is 13.2 Å². The predicted molar refractivity (Wildman–Crippen MR) is 67.2 cm³/mol. The average molecular weight is 336 g/mol. The molecule has 0 atom stereocenters. The number of aliphatic hydroxyl groups is 1. The van der Waals surface area contributed by atoms with Crippen LogP contribution in [-0.2, 0) is 16.1 Å². The molecule has 1 aromatic rings. The van der Waals surface area contributed by atoms with E-state index in [0.29, 0.717) is 12.4 Å². The van der Waals surface area contributed by atoms with Crippen LogP contribution < -0.4 is 4.74 Å². The van der Waals surface area contributed by atoms with Crippen LogP contribution in [0.3, 0.4) is 0 Å². The molecule has 0 saturated carbocycles. The quantitative estimate of drug-likeness (QED) is 0.657. The molecule has 0 bridgehead atoms. The van der Waals surface area contributed by atoms with Gasteiger partial charge in [0, 0.05) is 0 Å². The van der Waals surface area contributed by atoms with Crippen LogP contribution in [0.25, 0.3) is 0 Å². The number of ether oxygens (including phenoxy) is 2. The molecule has 0 aromatic heterocycles. The Morgan fingerprint density at radius 1 is 1.50 bits per heavy atom. The molecule has 0 aliphatic heterocycles. The van der Waals surface area contributed by atoms with Gasteiger partial charge in [-0.15, -0.1) is 0 Å². The number of rotatable bonds is 5. The standard InChI is InChI=1S/C11H13IO4/c1-2-15-11(14)7-16-10-4-3-8(6-13)5-9(10)12/h3-5,13H,2,6-7H2,1H3. The third-order valence-electron chi connectivity index (χ3n) is 1.83. The smallest absolute Gasteiger partial charge is 0.344 e. The van der Waals surface area contributed by atoms with Crippen LogP contribution in [0.4, 0.5) is 0 Å². The summed E-state index contributed by atoms with van der Waals surface area (Å²) in [6.07, 6.45) is 0. The van der Waals surface area contributed by atoms with E-state index in [9.17, 15) is 4.79 Å². The molecule has 16 heavy (non-hydrogen) atoms. The molecule has 0 fully saturated rings. The summed E-state index contributed by atoms with van der Waals surface area (Å²) in [7, 11) is 0. The van der Waals surface area contributed by atoms with Gasteiger partial charge in [0.25, 0.3) is 0 Å². The lowest BCUT2D eigenvalue weighted by Crippen LogP contribution is -2.15. The maximum absolute atomic E-state index is 11.1. The maximum atomic E-state index is 11.1. The van der Waals surface area contributed by atoms with Crippen molar-refractivity contribution in [3.8, 4) is 5.75 Å². The van der Waals surface area contributed by atoms with E-state index in [0.717, 1.165) is 9.13 Å². The summed E-state index contributed by atoms with van der Waals surface area (Å²) in [6, 6.07) is 5.29. The van der Waals surface area contributed by atoms with Gasteiger partial charge in [-0.25, -0.2) is 4.79 Å². The first kappa shape index (κ1) is 13.2. The van der Waals surface area contributed by atoms with E-state index in [1.165, 1.54) is 0 Å². The largest absolute Gasteiger partial charge is 0.481 e. The van der Waals surface area contributed by atoms with Crippen molar-refractivity contribution in [3.05, 3.63) is 27.3 Å². The van der Waals surface area contributed by atoms with Gasteiger partial charge in [0.05, 0.1) is 16.8 Å². The number of aliphatic hydroxyl groups excluding tert-OH is 1. The van der Waals surface area contributed by atoms with Crippen LogP contribution in [0.2, 0.25) is 0 Å². The molecule has 0 heterocycles. The van der Waals surface area contributed by atoms with Gasteiger partial charge >= 0.3 is 5.97 Å². The molecule has 4 nitrogen and oxygen atoms in total. The van der Waals surface area contributed by atoms with E-state index >= 15 is 0 Å². The molecular weight excluding hydrogens is 323 g/mol. The van der Waals surface area contributed by atoms with Gasteiger partial charge in [0.2, 0.25) is 0 Å². The van der Waals surface area contributed by atoms with Crippen LogP contribution in [0.5, 0.6) is 5.75 Å². The summed E-state index contributed by atoms with van der Waals surface area (Å²) in [5.74, 6) is 0.232. The Balaban J connectivity index is 2.57. The Bertz CT molecular complexity index is 365. The second-order valence-corrected chi connectivity index (χ2v) is 4.18. The molecule has 0 aliphatic carbocycles. The highest BCUT2D eigenvalue weighted by Crippen LogP contribution is 2.22. The third kappa shape index (κ3) is 3.97. The van der Waals surface area contributed by atoms with Crippen molar-refractivity contribution in [3.63, 3.8) is 0 Å². The lowest BCUT2D eigenvalue weighted by atomic mass is 10.2. The molecule has 0 radical (unpaired) electrons. The van der Waals surface area contributed by atoms with E-state index in [-0.39, 0.29) is 19.2 Å². The summed E-state index contributed by atoms with van der Waals surface area (Å²) < 4.78 is 10.9. The normalized spacial score (nSPS) is 9.94. The minimum atomic E-state index is -0.385. The summed E-state index contributed by atoms with van der Waals surface area (Å²) >= 11 is 2.09. The van der Waals surface area contributed by atoms with E-state index in [2.05, 4.69) is 22.6 Å². The van der Waals surface area contributed by atoms with E-state index in [4.69, 9.17) is 14.6 Å². The highest BCUT2D eigenvalue weighted by atomic mass is 127. The van der Waals surface area contributed by atoms with Crippen LogP contribution in [-0.4, -0.2) is 24.3 Å². The number of benzene rings is 1. The monoisotopic (exact) mass is 336 g/mol. The molecule has 1 N–H and O–H groups in total. The minimum Gasteiger partial charge on any atom is -0.481 e. The Morgan fingerprint density at radius 3 is 2.81 bits per heavy atom. The molecular formula is C11H13IO4. The summed E-state index contributed by atoms with van der Waals surface area (Å²) in [6.45, 7) is 2.00. The van der Waals surface area contributed by atoms with Crippen molar-refractivity contribution in [1.82, 2.24) is 0 Å². The van der Waals surface area contributed by atoms with Gasteiger partial charge in [-0.3, -0.25) is 0 Å². The zero-order valence-corrected chi connectivity index (χ0v) is 11.1. The highest BCUT2D eigenvalue weighted by molar-refractivity contribution is 14.1. The Kier molecular flexibility index (Phi) is 5.54. The van der Waals surface area contributed by atoms with Crippen LogP contribution in [0.15, 0.2) is 18.2 Å². The number of hydrogen-bond donors (Lipinski definition) is 1. The summed E-state index contributed by atoms with van der Waals surface area (Å²) in [5.41, 5.74) is 0.813. The number of halogens is 1. The highest BCUT2D eigenvalue weighted by Gasteiger charge is 2.06. The van der Waals surface area contributed by atoms with Crippen molar-refractivity contribution in [2.24, 2.45) is 0 Å². The molecule has 0 spiro atoms. The summed E-state index contributed by atoms with van der Waals surface area (Å²) in [5, 5.41) is 8.92. The van der Waals surface area contributed by atoms with Gasteiger partial charge in [-0.05, 0) is 47.2 Å². The van der Waals surface area contributed by atoms with Crippen molar-refractivity contribution < 1.29 is 19.4 Å².